The monoisotopic (exact) mass is 610 g/mol. The summed E-state index contributed by atoms with van der Waals surface area (Å²) in [6.07, 6.45) is 5.72. The van der Waals surface area contributed by atoms with E-state index in [0.717, 1.165) is 16.5 Å². The fraction of sp³-hybridized carbons (Fsp3) is 0.448. The number of hydrogen-bond acceptors (Lipinski definition) is 7. The Bertz CT molecular complexity index is 1430. The lowest BCUT2D eigenvalue weighted by molar-refractivity contribution is -0.142. The van der Waals surface area contributed by atoms with Gasteiger partial charge in [-0.25, -0.2) is 9.78 Å². The number of H-pyrrole nitrogens is 2. The van der Waals surface area contributed by atoms with Crippen LogP contribution in [0.25, 0.3) is 10.9 Å². The number of fused-ring (bicyclic) bond motifs is 1. The van der Waals surface area contributed by atoms with E-state index in [1.54, 1.807) is 6.20 Å². The Morgan fingerprint density at radius 3 is 2.32 bits per heavy atom. The molecule has 3 amide bonds. The molecule has 12 N–H and O–H groups in total. The SMILES string of the molecule is CCC(C)C(N)C(=O)NC(Cc1c[nH]c2ccccc12)C(=O)NC(CCCN=C(N)N)C(=O)NC(Cc1cnc[nH]1)C(=O)O. The highest BCUT2D eigenvalue weighted by Crippen LogP contribution is 2.19. The number of carbonyl (C=O) groups excluding carboxylic acids is 3. The molecule has 2 heterocycles. The van der Waals surface area contributed by atoms with Gasteiger partial charge in [-0.2, -0.15) is 0 Å². The van der Waals surface area contributed by atoms with E-state index in [1.807, 2.05) is 38.1 Å². The van der Waals surface area contributed by atoms with Gasteiger partial charge in [0.2, 0.25) is 17.7 Å². The number of amides is 3. The summed E-state index contributed by atoms with van der Waals surface area (Å²) in [5.41, 5.74) is 19.1. The minimum atomic E-state index is -1.30. The third-order valence-electron chi connectivity index (χ3n) is 7.46. The highest BCUT2D eigenvalue weighted by molar-refractivity contribution is 5.95. The minimum absolute atomic E-state index is 0.0531. The van der Waals surface area contributed by atoms with Gasteiger partial charge >= 0.3 is 5.97 Å². The number of aromatic amines is 2. The average molecular weight is 611 g/mol. The van der Waals surface area contributed by atoms with Crippen LogP contribution >= 0.6 is 0 Å². The van der Waals surface area contributed by atoms with Crippen molar-refractivity contribution in [1.82, 2.24) is 30.9 Å². The number of carbonyl (C=O) groups is 4. The van der Waals surface area contributed by atoms with Crippen molar-refractivity contribution in [3.63, 3.8) is 0 Å². The molecule has 0 aliphatic rings. The van der Waals surface area contributed by atoms with Crippen LogP contribution in [0.1, 0.15) is 44.4 Å². The number of nitrogens with one attached hydrogen (secondary N) is 5. The van der Waals surface area contributed by atoms with Gasteiger partial charge in [0.1, 0.15) is 18.1 Å². The third kappa shape index (κ3) is 9.55. The molecule has 5 atom stereocenters. The quantitative estimate of drug-likeness (QED) is 0.0548. The number of aliphatic imine (C=N–C) groups is 1. The summed E-state index contributed by atoms with van der Waals surface area (Å²) in [6, 6.07) is 3.13. The molecular formula is C29H42N10O5. The fourth-order valence-electron chi connectivity index (χ4n) is 4.64. The number of aliphatic carboxylic acids is 1. The molecule has 1 aromatic carbocycles. The molecule has 238 valence electrons. The summed E-state index contributed by atoms with van der Waals surface area (Å²) < 4.78 is 0. The predicted octanol–water partition coefficient (Wildman–Crippen LogP) is -0.358. The number of benzene rings is 1. The molecule has 44 heavy (non-hydrogen) atoms. The number of imidazole rings is 1. The van der Waals surface area contributed by atoms with Crippen molar-refractivity contribution in [3.05, 3.63) is 54.2 Å². The molecule has 0 saturated heterocycles. The molecule has 0 fully saturated rings. The largest absolute Gasteiger partial charge is 0.480 e. The maximum Gasteiger partial charge on any atom is 0.326 e. The summed E-state index contributed by atoms with van der Waals surface area (Å²) in [4.78, 5) is 66.0. The first-order chi connectivity index (χ1) is 21.0. The first-order valence-electron chi connectivity index (χ1n) is 14.5. The van der Waals surface area contributed by atoms with Gasteiger partial charge in [-0.15, -0.1) is 0 Å². The molecular weight excluding hydrogens is 568 g/mol. The number of nitrogens with two attached hydrogens (primary N) is 3. The van der Waals surface area contributed by atoms with Crippen molar-refractivity contribution in [2.24, 2.45) is 28.1 Å². The van der Waals surface area contributed by atoms with Gasteiger partial charge in [-0.05, 0) is 30.4 Å². The van der Waals surface area contributed by atoms with Crippen LogP contribution in [0.3, 0.4) is 0 Å². The van der Waals surface area contributed by atoms with Crippen molar-refractivity contribution < 1.29 is 24.3 Å². The Kier molecular flexibility index (Phi) is 12.3. The Morgan fingerprint density at radius 2 is 1.66 bits per heavy atom. The first-order valence-corrected chi connectivity index (χ1v) is 14.5. The molecule has 3 rings (SSSR count). The average Bonchev–Trinajstić information content (AvgIpc) is 3.66. The van der Waals surface area contributed by atoms with Gasteiger partial charge in [-0.1, -0.05) is 38.5 Å². The molecule has 3 aromatic rings. The molecule has 5 unspecified atom stereocenters. The number of rotatable bonds is 17. The zero-order valence-electron chi connectivity index (χ0n) is 24.9. The highest BCUT2D eigenvalue weighted by Gasteiger charge is 2.31. The van der Waals surface area contributed by atoms with Gasteiger partial charge in [-0.3, -0.25) is 19.4 Å². The number of guanidine groups is 1. The fourth-order valence-corrected chi connectivity index (χ4v) is 4.64. The lowest BCUT2D eigenvalue weighted by Crippen LogP contribution is -2.58. The van der Waals surface area contributed by atoms with Crippen LogP contribution in [0.15, 0.2) is 48.0 Å². The summed E-state index contributed by atoms with van der Waals surface area (Å²) in [5.74, 6) is -3.38. The highest BCUT2D eigenvalue weighted by atomic mass is 16.4. The smallest absolute Gasteiger partial charge is 0.326 e. The van der Waals surface area contributed by atoms with Crippen LogP contribution < -0.4 is 33.2 Å². The van der Waals surface area contributed by atoms with Gasteiger partial charge in [0.25, 0.3) is 0 Å². The number of aromatic nitrogens is 3. The van der Waals surface area contributed by atoms with Crippen molar-refractivity contribution in [1.29, 1.82) is 0 Å². The molecule has 15 nitrogen and oxygen atoms in total. The second-order valence-electron chi connectivity index (χ2n) is 10.7. The molecule has 15 heteroatoms. The van der Waals surface area contributed by atoms with Gasteiger partial charge in [0.15, 0.2) is 5.96 Å². The van der Waals surface area contributed by atoms with E-state index >= 15 is 0 Å². The van der Waals surface area contributed by atoms with Crippen LogP contribution in [0.4, 0.5) is 0 Å². The van der Waals surface area contributed by atoms with Crippen LogP contribution in [-0.4, -0.2) is 80.4 Å². The first kappa shape index (κ1) is 33.6. The van der Waals surface area contributed by atoms with E-state index in [2.05, 4.69) is 35.9 Å². The topological polar surface area (TPSA) is 259 Å². The zero-order valence-corrected chi connectivity index (χ0v) is 24.9. The van der Waals surface area contributed by atoms with Crippen LogP contribution in [0, 0.1) is 5.92 Å². The van der Waals surface area contributed by atoms with E-state index in [4.69, 9.17) is 17.2 Å². The normalized spacial score (nSPS) is 14.5. The van der Waals surface area contributed by atoms with E-state index in [9.17, 15) is 24.3 Å². The van der Waals surface area contributed by atoms with E-state index in [1.165, 1.54) is 12.5 Å². The molecule has 0 saturated carbocycles. The van der Waals surface area contributed by atoms with Crippen molar-refractivity contribution in [3.8, 4) is 0 Å². The van der Waals surface area contributed by atoms with Crippen molar-refractivity contribution >= 4 is 40.6 Å². The molecule has 2 aromatic heterocycles. The van der Waals surface area contributed by atoms with E-state index in [0.29, 0.717) is 18.5 Å². The van der Waals surface area contributed by atoms with Crippen LogP contribution in [0.5, 0.6) is 0 Å². The lowest BCUT2D eigenvalue weighted by Gasteiger charge is -2.26. The Morgan fingerprint density at radius 1 is 0.977 bits per heavy atom. The summed E-state index contributed by atoms with van der Waals surface area (Å²) in [5, 5.41) is 18.6. The van der Waals surface area contributed by atoms with Gasteiger partial charge in [0.05, 0.1) is 12.4 Å². The predicted molar refractivity (Wildman–Crippen MR) is 165 cm³/mol. The zero-order chi connectivity index (χ0) is 32.2. The maximum atomic E-state index is 13.8. The number of nitrogens with zero attached hydrogens (tertiary/aromatic N) is 2. The second-order valence-corrected chi connectivity index (χ2v) is 10.7. The Labute approximate surface area is 254 Å². The summed E-state index contributed by atoms with van der Waals surface area (Å²) in [7, 11) is 0. The summed E-state index contributed by atoms with van der Waals surface area (Å²) in [6.45, 7) is 3.94. The maximum absolute atomic E-state index is 13.8. The number of hydrogen-bond donors (Lipinski definition) is 9. The van der Waals surface area contributed by atoms with Crippen molar-refractivity contribution in [2.75, 3.05) is 6.54 Å². The Balaban J connectivity index is 1.85. The number of carboxylic acid groups (broad SMARTS) is 1. The van der Waals surface area contributed by atoms with Crippen LogP contribution in [0.2, 0.25) is 0 Å². The molecule has 0 aliphatic carbocycles. The molecule has 0 bridgehead atoms. The van der Waals surface area contributed by atoms with E-state index in [-0.39, 0.29) is 37.7 Å². The molecule has 0 spiro atoms. The Hall–Kier alpha value is -4.92. The summed E-state index contributed by atoms with van der Waals surface area (Å²) >= 11 is 0. The third-order valence-corrected chi connectivity index (χ3v) is 7.46. The van der Waals surface area contributed by atoms with Gasteiger partial charge < -0.3 is 48.2 Å². The van der Waals surface area contributed by atoms with Crippen LogP contribution in [-0.2, 0) is 32.0 Å². The number of carboxylic acids is 1. The van der Waals surface area contributed by atoms with Crippen molar-refractivity contribution in [2.45, 2.75) is 70.1 Å². The number of para-hydroxylation sites is 1. The minimum Gasteiger partial charge on any atom is -0.480 e. The standard InChI is InChI=1S/C29H42N10O5/c1-3-16(2)24(30)27(42)38-22(11-17-13-35-20-8-5-4-7-19(17)20)26(41)37-21(9-6-10-34-29(31)32)25(40)39-23(28(43)44)12-18-14-33-15-36-18/h4-5,7-8,13-16,21-24,35H,3,6,9-12,30H2,1-2H3,(H,33,36)(H,37,41)(H,38,42)(H,39,40)(H,43,44)(H4,31,32,34). The molecule has 0 aliphatic heterocycles. The van der Waals surface area contributed by atoms with E-state index < -0.39 is 47.9 Å². The lowest BCUT2D eigenvalue weighted by atomic mass is 9.98. The van der Waals surface area contributed by atoms with Gasteiger partial charge in [0, 0.05) is 48.4 Å². The second kappa shape index (κ2) is 16.1. The molecule has 0 radical (unpaired) electrons.